The summed E-state index contributed by atoms with van der Waals surface area (Å²) in [6.07, 6.45) is 4.36. The van der Waals surface area contributed by atoms with Gasteiger partial charge >= 0.3 is 0 Å². The van der Waals surface area contributed by atoms with E-state index in [0.717, 1.165) is 43.9 Å². The number of nitrogens with one attached hydrogen (secondary N) is 2. The van der Waals surface area contributed by atoms with Gasteiger partial charge in [0.05, 0.1) is 4.90 Å². The van der Waals surface area contributed by atoms with Crippen LogP contribution < -0.4 is 10.6 Å². The summed E-state index contributed by atoms with van der Waals surface area (Å²) >= 11 is 0. The third kappa shape index (κ3) is 7.03. The molecule has 0 bridgehead atoms. The number of hydrogen-bond acceptors (Lipinski definition) is 3. The average molecular weight is 340 g/mol. The van der Waals surface area contributed by atoms with Gasteiger partial charge in [-0.15, -0.1) is 0 Å². The maximum absolute atomic E-state index is 11.4. The molecule has 5 nitrogen and oxygen atoms in total. The average Bonchev–Trinajstić information content (AvgIpc) is 2.53. The fourth-order valence-electron chi connectivity index (χ4n) is 2.27. The van der Waals surface area contributed by atoms with Crippen molar-refractivity contribution < 1.29 is 8.42 Å². The van der Waals surface area contributed by atoms with Gasteiger partial charge in [-0.3, -0.25) is 4.99 Å². The van der Waals surface area contributed by atoms with Crippen LogP contribution in [0.4, 0.5) is 0 Å². The van der Waals surface area contributed by atoms with Gasteiger partial charge in [-0.25, -0.2) is 8.42 Å². The molecule has 130 valence electrons. The Balaban J connectivity index is 2.43. The van der Waals surface area contributed by atoms with Gasteiger partial charge in [-0.2, -0.15) is 0 Å². The molecule has 2 N–H and O–H groups in total. The summed E-state index contributed by atoms with van der Waals surface area (Å²) in [5.41, 5.74) is 1.10. The van der Waals surface area contributed by atoms with E-state index >= 15 is 0 Å². The smallest absolute Gasteiger partial charge is 0.190 e. The first-order valence-electron chi connectivity index (χ1n) is 8.14. The van der Waals surface area contributed by atoms with E-state index in [0.29, 0.717) is 10.8 Å². The Morgan fingerprint density at radius 3 is 2.22 bits per heavy atom. The summed E-state index contributed by atoms with van der Waals surface area (Å²) in [5, 5.41) is 6.63. The molecule has 0 aliphatic carbocycles. The molecular weight excluding hydrogens is 310 g/mol. The Morgan fingerprint density at radius 2 is 1.74 bits per heavy atom. The lowest BCUT2D eigenvalue weighted by Gasteiger charge is -2.16. The third-order valence-electron chi connectivity index (χ3n) is 3.99. The van der Waals surface area contributed by atoms with Crippen molar-refractivity contribution >= 4 is 15.8 Å². The van der Waals surface area contributed by atoms with Crippen LogP contribution in [0, 0.1) is 5.92 Å². The van der Waals surface area contributed by atoms with Crippen LogP contribution in [-0.2, 0) is 16.3 Å². The van der Waals surface area contributed by atoms with Crippen molar-refractivity contribution in [2.75, 3.05) is 26.4 Å². The first-order valence-corrected chi connectivity index (χ1v) is 10.0. The Labute approximate surface area is 140 Å². The Hall–Kier alpha value is -1.56. The molecule has 0 heterocycles. The first-order chi connectivity index (χ1) is 10.9. The van der Waals surface area contributed by atoms with Crippen LogP contribution >= 0.6 is 0 Å². The number of guanidine groups is 1. The monoisotopic (exact) mass is 339 g/mol. The molecule has 23 heavy (non-hydrogen) atoms. The maximum atomic E-state index is 11.4. The fourth-order valence-corrected chi connectivity index (χ4v) is 2.90. The van der Waals surface area contributed by atoms with E-state index in [1.54, 1.807) is 19.2 Å². The van der Waals surface area contributed by atoms with Gasteiger partial charge in [-0.1, -0.05) is 38.8 Å². The van der Waals surface area contributed by atoms with E-state index in [2.05, 4.69) is 29.5 Å². The van der Waals surface area contributed by atoms with E-state index in [9.17, 15) is 8.42 Å². The molecule has 0 radical (unpaired) electrons. The molecule has 0 amide bonds. The van der Waals surface area contributed by atoms with Gasteiger partial charge in [-0.05, 0) is 30.0 Å². The van der Waals surface area contributed by atoms with E-state index in [1.807, 2.05) is 12.1 Å². The lowest BCUT2D eigenvalue weighted by molar-refractivity contribution is 0.481. The summed E-state index contributed by atoms with van der Waals surface area (Å²) in [5.74, 6) is 1.47. The predicted molar refractivity (Wildman–Crippen MR) is 96.7 cm³/mol. The number of nitrogens with zero attached hydrogens (tertiary/aromatic N) is 1. The zero-order valence-electron chi connectivity index (χ0n) is 14.6. The van der Waals surface area contributed by atoms with E-state index in [1.165, 1.54) is 6.26 Å². The van der Waals surface area contributed by atoms with Crippen molar-refractivity contribution in [1.29, 1.82) is 0 Å². The van der Waals surface area contributed by atoms with Crippen molar-refractivity contribution in [3.05, 3.63) is 29.8 Å². The molecular formula is C17H29N3O2S. The standard InChI is InChI=1S/C17H29N3O2S/c1-5-14(6-2)13-20-17(18-3)19-12-11-15-7-9-16(10-8-15)23(4,21)22/h7-10,14H,5-6,11-13H2,1-4H3,(H2,18,19,20). The molecule has 0 fully saturated rings. The second-order valence-corrected chi connectivity index (χ2v) is 7.74. The molecule has 1 aromatic carbocycles. The summed E-state index contributed by atoms with van der Waals surface area (Å²) in [7, 11) is -1.36. The molecule has 0 atom stereocenters. The number of sulfone groups is 1. The summed E-state index contributed by atoms with van der Waals surface area (Å²) in [4.78, 5) is 4.58. The molecule has 0 unspecified atom stereocenters. The van der Waals surface area contributed by atoms with Crippen molar-refractivity contribution in [2.24, 2.45) is 10.9 Å². The molecule has 1 rings (SSSR count). The van der Waals surface area contributed by atoms with E-state index in [4.69, 9.17) is 0 Å². The van der Waals surface area contributed by atoms with Crippen molar-refractivity contribution in [1.82, 2.24) is 10.6 Å². The summed E-state index contributed by atoms with van der Waals surface area (Å²) in [6, 6.07) is 7.03. The van der Waals surface area contributed by atoms with Gasteiger partial charge in [0.1, 0.15) is 0 Å². The molecule has 0 saturated heterocycles. The lowest BCUT2D eigenvalue weighted by Crippen LogP contribution is -2.40. The fraction of sp³-hybridized carbons (Fsp3) is 0.588. The zero-order valence-corrected chi connectivity index (χ0v) is 15.4. The molecule has 0 aromatic heterocycles. The van der Waals surface area contributed by atoms with Crippen LogP contribution in [0.5, 0.6) is 0 Å². The highest BCUT2D eigenvalue weighted by Gasteiger charge is 2.07. The number of hydrogen-bond donors (Lipinski definition) is 2. The Kier molecular flexibility index (Phi) is 8.09. The van der Waals surface area contributed by atoms with Crippen LogP contribution in [0.1, 0.15) is 32.3 Å². The van der Waals surface area contributed by atoms with Crippen molar-refractivity contribution in [2.45, 2.75) is 38.0 Å². The van der Waals surface area contributed by atoms with Gasteiger partial charge in [0.15, 0.2) is 15.8 Å². The van der Waals surface area contributed by atoms with Crippen molar-refractivity contribution in [3.8, 4) is 0 Å². The molecule has 6 heteroatoms. The third-order valence-corrected chi connectivity index (χ3v) is 5.12. The van der Waals surface area contributed by atoms with Crippen LogP contribution in [-0.4, -0.2) is 40.8 Å². The summed E-state index contributed by atoms with van der Waals surface area (Å²) in [6.45, 7) is 6.08. The largest absolute Gasteiger partial charge is 0.356 e. The highest BCUT2D eigenvalue weighted by molar-refractivity contribution is 7.90. The van der Waals surface area contributed by atoms with E-state index in [-0.39, 0.29) is 0 Å². The maximum Gasteiger partial charge on any atom is 0.190 e. The minimum absolute atomic E-state index is 0.358. The quantitative estimate of drug-likeness (QED) is 0.563. The topological polar surface area (TPSA) is 70.6 Å². The zero-order chi connectivity index (χ0) is 17.3. The predicted octanol–water partition coefficient (Wildman–Crippen LogP) is 2.23. The summed E-state index contributed by atoms with van der Waals surface area (Å²) < 4.78 is 22.9. The minimum atomic E-state index is -3.12. The highest BCUT2D eigenvalue weighted by Crippen LogP contribution is 2.10. The normalized spacial score (nSPS) is 12.5. The number of aliphatic imine (C=N–C) groups is 1. The second kappa shape index (κ2) is 9.55. The molecule has 0 aliphatic heterocycles. The minimum Gasteiger partial charge on any atom is -0.356 e. The number of benzene rings is 1. The van der Waals surface area contributed by atoms with E-state index < -0.39 is 9.84 Å². The number of rotatable bonds is 8. The SMILES string of the molecule is CCC(CC)CNC(=NC)NCCc1ccc(S(C)(=O)=O)cc1. The van der Waals surface area contributed by atoms with Crippen LogP contribution in [0.2, 0.25) is 0 Å². The van der Waals surface area contributed by atoms with Gasteiger partial charge in [0.2, 0.25) is 0 Å². The molecule has 0 aliphatic rings. The van der Waals surface area contributed by atoms with Gasteiger partial charge < -0.3 is 10.6 Å². The first kappa shape index (κ1) is 19.5. The molecule has 1 aromatic rings. The van der Waals surface area contributed by atoms with Crippen molar-refractivity contribution in [3.63, 3.8) is 0 Å². The van der Waals surface area contributed by atoms with Crippen LogP contribution in [0.3, 0.4) is 0 Å². The highest BCUT2D eigenvalue weighted by atomic mass is 32.2. The Morgan fingerprint density at radius 1 is 1.13 bits per heavy atom. The van der Waals surface area contributed by atoms with Gasteiger partial charge in [0.25, 0.3) is 0 Å². The van der Waals surface area contributed by atoms with Crippen LogP contribution in [0.25, 0.3) is 0 Å². The van der Waals surface area contributed by atoms with Crippen LogP contribution in [0.15, 0.2) is 34.2 Å². The van der Waals surface area contributed by atoms with Gasteiger partial charge in [0, 0.05) is 26.4 Å². The second-order valence-electron chi connectivity index (χ2n) is 5.73. The molecule has 0 saturated carbocycles. The molecule has 0 spiro atoms. The lowest BCUT2D eigenvalue weighted by atomic mass is 10.0. The Bertz CT molecular complexity index is 591.